The smallest absolute Gasteiger partial charge is 0.255 e. The molecule has 1 rings (SSSR count). The predicted molar refractivity (Wildman–Crippen MR) is 78.5 cm³/mol. The van der Waals surface area contributed by atoms with Gasteiger partial charge in [-0.15, -0.1) is 0 Å². The van der Waals surface area contributed by atoms with Gasteiger partial charge < -0.3 is 15.5 Å². The average molecular weight is 282 g/mol. The summed E-state index contributed by atoms with van der Waals surface area (Å²) in [5, 5.41) is 5.58. The van der Waals surface area contributed by atoms with Gasteiger partial charge in [-0.3, -0.25) is 4.79 Å². The van der Waals surface area contributed by atoms with Gasteiger partial charge in [0.25, 0.3) is 5.91 Å². The molecule has 0 unspecified atom stereocenters. The quantitative estimate of drug-likeness (QED) is 0.762. The van der Waals surface area contributed by atoms with E-state index in [0.717, 1.165) is 32.3 Å². The van der Waals surface area contributed by atoms with Gasteiger partial charge in [-0.05, 0) is 25.6 Å². The maximum absolute atomic E-state index is 13.2. The van der Waals surface area contributed by atoms with Gasteiger partial charge >= 0.3 is 0 Å². The van der Waals surface area contributed by atoms with Gasteiger partial charge in [0.05, 0.1) is 11.8 Å². The molecule has 0 spiro atoms. The fourth-order valence-corrected chi connectivity index (χ4v) is 1.98. The lowest BCUT2D eigenvalue weighted by atomic mass is 10.2. The van der Waals surface area contributed by atoms with Crippen LogP contribution in [0.25, 0.3) is 0 Å². The molecule has 0 atom stereocenters. The van der Waals surface area contributed by atoms with E-state index in [0.29, 0.717) is 12.4 Å². The summed E-state index contributed by atoms with van der Waals surface area (Å²) in [7, 11) is 1.65. The summed E-state index contributed by atoms with van der Waals surface area (Å²) in [6.07, 6.45) is 2.17. The second-order valence-electron chi connectivity index (χ2n) is 4.49. The Labute approximate surface area is 119 Å². The number of anilines is 1. The number of amides is 1. The molecule has 20 heavy (non-hydrogen) atoms. The first-order valence-corrected chi connectivity index (χ1v) is 6.96. The molecule has 112 valence electrons. The van der Waals surface area contributed by atoms with Crippen LogP contribution < -0.4 is 10.6 Å². The molecule has 0 aliphatic rings. The van der Waals surface area contributed by atoms with Crippen LogP contribution in [-0.4, -0.2) is 49.0 Å². The van der Waals surface area contributed by atoms with Crippen LogP contribution in [0.15, 0.2) is 12.3 Å². The number of nitrogens with one attached hydrogen (secondary N) is 2. The number of aromatic nitrogens is 1. The number of halogens is 1. The monoisotopic (exact) mass is 282 g/mol. The third kappa shape index (κ3) is 4.77. The van der Waals surface area contributed by atoms with Crippen molar-refractivity contribution in [2.45, 2.75) is 20.3 Å². The molecule has 6 heteroatoms. The highest BCUT2D eigenvalue weighted by atomic mass is 19.1. The maximum atomic E-state index is 13.2. The van der Waals surface area contributed by atoms with Crippen LogP contribution in [0.4, 0.5) is 10.2 Å². The Morgan fingerprint density at radius 3 is 2.75 bits per heavy atom. The zero-order valence-corrected chi connectivity index (χ0v) is 12.4. The van der Waals surface area contributed by atoms with Crippen molar-refractivity contribution in [2.24, 2.45) is 0 Å². The van der Waals surface area contributed by atoms with Crippen molar-refractivity contribution < 1.29 is 9.18 Å². The molecule has 1 aromatic rings. The number of likely N-dealkylation sites (N-methyl/N-ethyl adjacent to an activating group) is 1. The Kier molecular flexibility index (Phi) is 6.93. The van der Waals surface area contributed by atoms with Gasteiger partial charge in [-0.2, -0.15) is 0 Å². The van der Waals surface area contributed by atoms with Crippen LogP contribution in [0.3, 0.4) is 0 Å². The van der Waals surface area contributed by atoms with E-state index in [4.69, 9.17) is 0 Å². The Morgan fingerprint density at radius 2 is 2.15 bits per heavy atom. The molecule has 0 fully saturated rings. The molecule has 2 N–H and O–H groups in total. The number of rotatable bonds is 8. The minimum atomic E-state index is -0.518. The van der Waals surface area contributed by atoms with Crippen LogP contribution in [0.2, 0.25) is 0 Å². The average Bonchev–Trinajstić information content (AvgIpc) is 2.46. The van der Waals surface area contributed by atoms with Crippen molar-refractivity contribution in [3.63, 3.8) is 0 Å². The second-order valence-corrected chi connectivity index (χ2v) is 4.49. The Morgan fingerprint density at radius 1 is 1.40 bits per heavy atom. The molecule has 0 radical (unpaired) electrons. The van der Waals surface area contributed by atoms with Crippen molar-refractivity contribution in [1.82, 2.24) is 15.2 Å². The molecule has 5 nitrogen and oxygen atoms in total. The van der Waals surface area contributed by atoms with E-state index in [1.165, 1.54) is 6.07 Å². The van der Waals surface area contributed by atoms with Crippen LogP contribution in [-0.2, 0) is 0 Å². The van der Waals surface area contributed by atoms with Crippen molar-refractivity contribution >= 4 is 11.7 Å². The largest absolute Gasteiger partial charge is 0.372 e. The fourth-order valence-electron chi connectivity index (χ4n) is 1.98. The molecule has 0 aromatic carbocycles. The van der Waals surface area contributed by atoms with E-state index >= 15 is 0 Å². The Bertz CT molecular complexity index is 439. The number of nitrogens with zero attached hydrogens (tertiary/aromatic N) is 2. The number of hydrogen-bond donors (Lipinski definition) is 2. The Hall–Kier alpha value is -1.69. The molecule has 1 heterocycles. The third-order valence-electron chi connectivity index (χ3n) is 3.04. The van der Waals surface area contributed by atoms with Crippen molar-refractivity contribution in [3.05, 3.63) is 23.6 Å². The standard InChI is InChI=1S/C14H23FN4O/c1-4-7-19(5-2)8-6-17-14(20)12-9-11(15)10-18-13(12)16-3/h9-10H,4-8H2,1-3H3,(H,16,18)(H,17,20). The summed E-state index contributed by atoms with van der Waals surface area (Å²) in [6, 6.07) is 1.19. The minimum Gasteiger partial charge on any atom is -0.372 e. The van der Waals surface area contributed by atoms with E-state index < -0.39 is 5.82 Å². The van der Waals surface area contributed by atoms with Crippen LogP contribution in [0.5, 0.6) is 0 Å². The molecule has 0 aliphatic heterocycles. The summed E-state index contributed by atoms with van der Waals surface area (Å²) in [5.74, 6) is -0.450. The zero-order valence-electron chi connectivity index (χ0n) is 12.4. The Balaban J connectivity index is 2.56. The van der Waals surface area contributed by atoms with E-state index in [2.05, 4.69) is 34.4 Å². The van der Waals surface area contributed by atoms with Crippen LogP contribution in [0.1, 0.15) is 30.6 Å². The first-order chi connectivity index (χ1) is 9.62. The van der Waals surface area contributed by atoms with E-state index in [-0.39, 0.29) is 11.5 Å². The fraction of sp³-hybridized carbons (Fsp3) is 0.571. The highest BCUT2D eigenvalue weighted by Gasteiger charge is 2.13. The van der Waals surface area contributed by atoms with E-state index in [1.807, 2.05) is 0 Å². The number of carbonyl (C=O) groups excluding carboxylic acids is 1. The van der Waals surface area contributed by atoms with Crippen molar-refractivity contribution in [1.29, 1.82) is 0 Å². The van der Waals surface area contributed by atoms with Gasteiger partial charge in [0.15, 0.2) is 0 Å². The SMILES string of the molecule is CCCN(CC)CCNC(=O)c1cc(F)cnc1NC. The molecule has 1 amide bonds. The molecule has 0 saturated carbocycles. The first-order valence-electron chi connectivity index (χ1n) is 6.96. The lowest BCUT2D eigenvalue weighted by molar-refractivity contribution is 0.0948. The number of carbonyl (C=O) groups is 1. The molecular weight excluding hydrogens is 259 g/mol. The highest BCUT2D eigenvalue weighted by molar-refractivity contribution is 5.98. The van der Waals surface area contributed by atoms with Gasteiger partial charge in [0.2, 0.25) is 0 Å². The molecule has 0 saturated heterocycles. The lowest BCUT2D eigenvalue weighted by Gasteiger charge is -2.19. The summed E-state index contributed by atoms with van der Waals surface area (Å²) in [5.41, 5.74) is 0.228. The van der Waals surface area contributed by atoms with Gasteiger partial charge in [-0.1, -0.05) is 13.8 Å². The van der Waals surface area contributed by atoms with Crippen LogP contribution >= 0.6 is 0 Å². The molecule has 0 aliphatic carbocycles. The maximum Gasteiger partial charge on any atom is 0.255 e. The number of hydrogen-bond acceptors (Lipinski definition) is 4. The van der Waals surface area contributed by atoms with E-state index in [9.17, 15) is 9.18 Å². The van der Waals surface area contributed by atoms with Gasteiger partial charge in [-0.25, -0.2) is 9.37 Å². The summed E-state index contributed by atoms with van der Waals surface area (Å²) in [4.78, 5) is 18.1. The van der Waals surface area contributed by atoms with Crippen molar-refractivity contribution in [3.8, 4) is 0 Å². The highest BCUT2D eigenvalue weighted by Crippen LogP contribution is 2.12. The number of pyridine rings is 1. The summed E-state index contributed by atoms with van der Waals surface area (Å²) in [6.45, 7) is 7.49. The molecule has 1 aromatic heterocycles. The summed E-state index contributed by atoms with van der Waals surface area (Å²) >= 11 is 0. The summed E-state index contributed by atoms with van der Waals surface area (Å²) < 4.78 is 13.2. The second kappa shape index (κ2) is 8.47. The topological polar surface area (TPSA) is 57.3 Å². The molecular formula is C14H23FN4O. The van der Waals surface area contributed by atoms with Gasteiger partial charge in [0, 0.05) is 20.1 Å². The van der Waals surface area contributed by atoms with Crippen molar-refractivity contribution in [2.75, 3.05) is 38.5 Å². The first kappa shape index (κ1) is 16.4. The van der Waals surface area contributed by atoms with Gasteiger partial charge in [0.1, 0.15) is 11.6 Å². The third-order valence-corrected chi connectivity index (χ3v) is 3.04. The molecule has 0 bridgehead atoms. The van der Waals surface area contributed by atoms with Crippen LogP contribution in [0, 0.1) is 5.82 Å². The normalized spacial score (nSPS) is 10.7. The predicted octanol–water partition coefficient (Wildman–Crippen LogP) is 1.72. The minimum absolute atomic E-state index is 0.228. The van der Waals surface area contributed by atoms with E-state index in [1.54, 1.807) is 7.05 Å². The zero-order chi connectivity index (χ0) is 15.0. The lowest BCUT2D eigenvalue weighted by Crippen LogP contribution is -2.35.